The van der Waals surface area contributed by atoms with Gasteiger partial charge in [0, 0.05) is 30.7 Å². The lowest BCUT2D eigenvalue weighted by Crippen LogP contribution is -2.67. The molecular formula is C27H34N2O5Si. The number of ether oxygens (including phenoxy) is 1. The van der Waals surface area contributed by atoms with Crippen LogP contribution in [0.2, 0.25) is 5.04 Å². The molecular weight excluding hydrogens is 460 g/mol. The van der Waals surface area contributed by atoms with Gasteiger partial charge in [0.25, 0.3) is 13.9 Å². The summed E-state index contributed by atoms with van der Waals surface area (Å²) in [7, 11) is -2.77. The van der Waals surface area contributed by atoms with Crippen molar-refractivity contribution in [3.63, 3.8) is 0 Å². The summed E-state index contributed by atoms with van der Waals surface area (Å²) in [6.07, 6.45) is 0.996. The Morgan fingerprint density at radius 2 is 1.63 bits per heavy atom. The molecule has 1 fully saturated rings. The van der Waals surface area contributed by atoms with E-state index < -0.39 is 31.9 Å². The molecule has 0 radical (unpaired) electrons. The van der Waals surface area contributed by atoms with Crippen molar-refractivity contribution in [2.75, 3.05) is 13.2 Å². The van der Waals surface area contributed by atoms with Crippen molar-refractivity contribution >= 4 is 18.7 Å². The smallest absolute Gasteiger partial charge is 0.330 e. The third-order valence-electron chi connectivity index (χ3n) is 6.93. The van der Waals surface area contributed by atoms with Gasteiger partial charge in [0.15, 0.2) is 0 Å². The second-order valence-corrected chi connectivity index (χ2v) is 14.6. The summed E-state index contributed by atoms with van der Waals surface area (Å²) < 4.78 is 14.7. The quantitative estimate of drug-likeness (QED) is 0.492. The number of hydrogen-bond acceptors (Lipinski definition) is 5. The summed E-state index contributed by atoms with van der Waals surface area (Å²) in [4.78, 5) is 26.6. The second kappa shape index (κ2) is 10.1. The summed E-state index contributed by atoms with van der Waals surface area (Å²) in [6, 6.07) is 20.7. The first-order valence-electron chi connectivity index (χ1n) is 12.0. The van der Waals surface area contributed by atoms with Gasteiger partial charge in [-0.1, -0.05) is 81.4 Å². The van der Waals surface area contributed by atoms with Crippen molar-refractivity contribution in [1.82, 2.24) is 9.55 Å². The Morgan fingerprint density at radius 3 is 2.14 bits per heavy atom. The molecule has 8 heteroatoms. The van der Waals surface area contributed by atoms with E-state index in [-0.39, 0.29) is 24.2 Å². The summed E-state index contributed by atoms with van der Waals surface area (Å²) in [5.41, 5.74) is -0.494. The van der Waals surface area contributed by atoms with Crippen LogP contribution < -0.4 is 21.6 Å². The van der Waals surface area contributed by atoms with Crippen molar-refractivity contribution in [1.29, 1.82) is 0 Å². The van der Waals surface area contributed by atoms with Crippen LogP contribution in [0.5, 0.6) is 0 Å². The van der Waals surface area contributed by atoms with Crippen molar-refractivity contribution in [2.45, 2.75) is 51.5 Å². The number of aromatic nitrogens is 2. The summed E-state index contributed by atoms with van der Waals surface area (Å²) in [5.74, 6) is -0.197. The fraction of sp³-hybridized carbons (Fsp3) is 0.407. The van der Waals surface area contributed by atoms with Crippen LogP contribution in [0.1, 0.15) is 39.0 Å². The SMILES string of the molecule is Cc1cn([C@H]2C[C@@H](CO)[C@H](CO[Si](c3ccccc3)(c3ccccc3)C(C)(C)C)O2)c(=O)[nH]c1=O. The number of aliphatic hydroxyl groups is 1. The van der Waals surface area contributed by atoms with Gasteiger partial charge in [-0.3, -0.25) is 14.3 Å². The number of aryl methyl sites for hydroxylation is 1. The predicted molar refractivity (Wildman–Crippen MR) is 139 cm³/mol. The maximum Gasteiger partial charge on any atom is 0.330 e. The van der Waals surface area contributed by atoms with E-state index in [1.807, 2.05) is 36.4 Å². The molecule has 1 aliphatic rings. The number of hydrogen-bond donors (Lipinski definition) is 2. The van der Waals surface area contributed by atoms with Gasteiger partial charge in [-0.05, 0) is 22.3 Å². The molecule has 7 nitrogen and oxygen atoms in total. The molecule has 2 N–H and O–H groups in total. The maximum absolute atomic E-state index is 12.4. The van der Waals surface area contributed by atoms with Crippen molar-refractivity contribution in [3.05, 3.63) is 93.3 Å². The van der Waals surface area contributed by atoms with Crippen molar-refractivity contribution < 1.29 is 14.3 Å². The molecule has 0 aliphatic carbocycles. The number of nitrogens with one attached hydrogen (secondary N) is 1. The highest BCUT2D eigenvalue weighted by atomic mass is 28.4. The molecule has 0 amide bonds. The molecule has 0 saturated carbocycles. The molecule has 2 heterocycles. The lowest BCUT2D eigenvalue weighted by molar-refractivity contribution is -0.0334. The fourth-order valence-corrected chi connectivity index (χ4v) is 9.66. The lowest BCUT2D eigenvalue weighted by Gasteiger charge is -2.43. The Labute approximate surface area is 206 Å². The number of benzene rings is 2. The molecule has 1 saturated heterocycles. The molecule has 186 valence electrons. The number of aromatic amines is 1. The standard InChI is InChI=1S/C27H34N2O5Si/c1-19-16-29(26(32)28-25(19)31)24-15-20(17-30)23(34-24)18-33-35(27(2,3)4,21-11-7-5-8-12-21)22-13-9-6-10-14-22/h5-14,16,20,23-24,30H,15,17-18H2,1-4H3,(H,28,31,32)/t20-,23-,24+/m0/s1. The van der Waals surface area contributed by atoms with Gasteiger partial charge in [0.05, 0.1) is 12.7 Å². The Kier molecular flexibility index (Phi) is 7.28. The minimum absolute atomic E-state index is 0.0810. The minimum atomic E-state index is -2.77. The normalized spacial score (nSPS) is 20.8. The maximum atomic E-state index is 12.4. The Balaban J connectivity index is 1.68. The van der Waals surface area contributed by atoms with Gasteiger partial charge < -0.3 is 14.3 Å². The van der Waals surface area contributed by atoms with E-state index in [1.165, 1.54) is 21.1 Å². The molecule has 35 heavy (non-hydrogen) atoms. The van der Waals surface area contributed by atoms with Crippen molar-refractivity contribution in [3.8, 4) is 0 Å². The van der Waals surface area contributed by atoms with Gasteiger partial charge in [-0.2, -0.15) is 0 Å². The molecule has 1 aromatic heterocycles. The van der Waals surface area contributed by atoms with Gasteiger partial charge in [0.2, 0.25) is 0 Å². The van der Waals surface area contributed by atoms with E-state index in [0.717, 1.165) is 0 Å². The van der Waals surface area contributed by atoms with E-state index in [0.29, 0.717) is 12.0 Å². The topological polar surface area (TPSA) is 93.6 Å². The first-order chi connectivity index (χ1) is 16.7. The number of aliphatic hydroxyl groups excluding tert-OH is 1. The summed E-state index contributed by atoms with van der Waals surface area (Å²) in [6.45, 7) is 8.49. The van der Waals surface area contributed by atoms with Crippen molar-refractivity contribution in [2.24, 2.45) is 5.92 Å². The molecule has 0 spiro atoms. The van der Waals surface area contributed by atoms with Gasteiger partial charge in [-0.15, -0.1) is 0 Å². The van der Waals surface area contributed by atoms with Crippen LogP contribution in [0.25, 0.3) is 0 Å². The van der Waals surface area contributed by atoms with Gasteiger partial charge in [-0.25, -0.2) is 4.79 Å². The highest BCUT2D eigenvalue weighted by Crippen LogP contribution is 2.39. The third kappa shape index (κ3) is 4.84. The van der Waals surface area contributed by atoms with E-state index in [4.69, 9.17) is 9.16 Å². The van der Waals surface area contributed by atoms with Crippen LogP contribution in [-0.2, 0) is 9.16 Å². The zero-order chi connectivity index (χ0) is 25.2. The number of nitrogens with zero attached hydrogens (tertiary/aromatic N) is 1. The van der Waals surface area contributed by atoms with Crippen LogP contribution in [0.4, 0.5) is 0 Å². The molecule has 2 aromatic carbocycles. The number of rotatable bonds is 7. The second-order valence-electron chi connectivity index (χ2n) is 10.3. The van der Waals surface area contributed by atoms with E-state index in [9.17, 15) is 14.7 Å². The zero-order valence-corrected chi connectivity index (χ0v) is 21.7. The molecule has 3 aromatic rings. The number of H-pyrrole nitrogens is 1. The van der Waals surface area contributed by atoms with Gasteiger partial charge >= 0.3 is 5.69 Å². The lowest BCUT2D eigenvalue weighted by atomic mass is 10.0. The van der Waals surface area contributed by atoms with E-state index >= 15 is 0 Å². The zero-order valence-electron chi connectivity index (χ0n) is 20.7. The monoisotopic (exact) mass is 494 g/mol. The average molecular weight is 495 g/mol. The molecule has 4 rings (SSSR count). The van der Waals surface area contributed by atoms with Gasteiger partial charge in [0.1, 0.15) is 6.23 Å². The van der Waals surface area contributed by atoms with Crippen LogP contribution in [-0.4, -0.2) is 42.3 Å². The highest BCUT2D eigenvalue weighted by molar-refractivity contribution is 6.99. The fourth-order valence-electron chi connectivity index (χ4n) is 5.09. The molecule has 0 unspecified atom stereocenters. The average Bonchev–Trinajstić information content (AvgIpc) is 3.25. The first kappa shape index (κ1) is 25.3. The minimum Gasteiger partial charge on any atom is -0.405 e. The molecule has 1 aliphatic heterocycles. The van der Waals surface area contributed by atoms with E-state index in [2.05, 4.69) is 50.0 Å². The Bertz CT molecular complexity index is 1210. The Hall–Kier alpha value is -2.78. The molecule has 0 bridgehead atoms. The van der Waals surface area contributed by atoms with E-state index in [1.54, 1.807) is 6.92 Å². The van der Waals surface area contributed by atoms with Crippen LogP contribution in [0.15, 0.2) is 76.4 Å². The molecule has 3 atom stereocenters. The van der Waals surface area contributed by atoms with Crippen LogP contribution in [0.3, 0.4) is 0 Å². The van der Waals surface area contributed by atoms with Crippen LogP contribution in [0, 0.1) is 12.8 Å². The highest BCUT2D eigenvalue weighted by Gasteiger charge is 2.51. The Morgan fingerprint density at radius 1 is 1.06 bits per heavy atom. The first-order valence-corrected chi connectivity index (χ1v) is 13.9. The third-order valence-corrected chi connectivity index (χ3v) is 11.9. The van der Waals surface area contributed by atoms with Crippen LogP contribution >= 0.6 is 0 Å². The largest absolute Gasteiger partial charge is 0.405 e. The summed E-state index contributed by atoms with van der Waals surface area (Å²) in [5, 5.41) is 12.3. The summed E-state index contributed by atoms with van der Waals surface area (Å²) >= 11 is 0. The predicted octanol–water partition coefficient (Wildman–Crippen LogP) is 2.32.